The molecule has 26 heavy (non-hydrogen) atoms. The summed E-state index contributed by atoms with van der Waals surface area (Å²) in [6, 6.07) is 13.5. The Morgan fingerprint density at radius 3 is 2.62 bits per heavy atom. The molecule has 4 rings (SSSR count). The number of nitrogens with zero attached hydrogens (tertiary/aromatic N) is 5. The van der Waals surface area contributed by atoms with Gasteiger partial charge in [0.15, 0.2) is 0 Å². The van der Waals surface area contributed by atoms with Gasteiger partial charge in [0.05, 0.1) is 6.04 Å². The zero-order chi connectivity index (χ0) is 17.9. The van der Waals surface area contributed by atoms with Crippen LogP contribution >= 0.6 is 11.6 Å². The van der Waals surface area contributed by atoms with Crippen molar-refractivity contribution in [1.29, 1.82) is 0 Å². The van der Waals surface area contributed by atoms with Crippen molar-refractivity contribution in [3.05, 3.63) is 59.6 Å². The van der Waals surface area contributed by atoms with E-state index in [9.17, 15) is 0 Å². The summed E-state index contributed by atoms with van der Waals surface area (Å²) in [5, 5.41) is 9.08. The second kappa shape index (κ2) is 7.43. The molecule has 1 aliphatic rings. The molecular weight excluding hydrogens is 350 g/mol. The minimum absolute atomic E-state index is 0.0707. The van der Waals surface area contributed by atoms with Crippen molar-refractivity contribution in [2.24, 2.45) is 0 Å². The van der Waals surface area contributed by atoms with E-state index in [-0.39, 0.29) is 6.04 Å². The summed E-state index contributed by atoms with van der Waals surface area (Å²) in [4.78, 5) is 9.09. The van der Waals surface area contributed by atoms with Gasteiger partial charge in [-0.15, -0.1) is 10.2 Å². The highest BCUT2D eigenvalue weighted by Crippen LogP contribution is 2.26. The molecule has 3 heterocycles. The molecule has 134 valence electrons. The lowest BCUT2D eigenvalue weighted by Gasteiger charge is -2.37. The first-order valence-electron chi connectivity index (χ1n) is 8.70. The normalized spacial score (nSPS) is 16.6. The number of hydrogen-bond acceptors (Lipinski definition) is 6. The SMILES string of the molecule is C[C@@H](c1nnc(-c2cccc(Cl)c2)o1)N1CCN(c2ccccn2)CC1. The minimum Gasteiger partial charge on any atom is -0.419 e. The third kappa shape index (κ3) is 3.57. The molecule has 2 aromatic heterocycles. The zero-order valence-electron chi connectivity index (χ0n) is 14.5. The fraction of sp³-hybridized carbons (Fsp3) is 0.316. The van der Waals surface area contributed by atoms with Crippen molar-refractivity contribution >= 4 is 17.4 Å². The van der Waals surface area contributed by atoms with E-state index in [2.05, 4.69) is 31.9 Å². The molecular formula is C19H20ClN5O. The predicted octanol–water partition coefficient (Wildman–Crippen LogP) is 3.67. The molecule has 1 aromatic carbocycles. The van der Waals surface area contributed by atoms with Crippen molar-refractivity contribution in [2.75, 3.05) is 31.1 Å². The van der Waals surface area contributed by atoms with Crippen LogP contribution in [0.25, 0.3) is 11.5 Å². The summed E-state index contributed by atoms with van der Waals surface area (Å²) < 4.78 is 5.90. The minimum atomic E-state index is 0.0707. The highest BCUT2D eigenvalue weighted by atomic mass is 35.5. The lowest BCUT2D eigenvalue weighted by atomic mass is 10.2. The molecule has 0 spiro atoms. The van der Waals surface area contributed by atoms with E-state index < -0.39 is 0 Å². The maximum Gasteiger partial charge on any atom is 0.247 e. The van der Waals surface area contributed by atoms with Gasteiger partial charge in [0.1, 0.15) is 5.82 Å². The van der Waals surface area contributed by atoms with Crippen LogP contribution < -0.4 is 4.90 Å². The highest BCUT2D eigenvalue weighted by molar-refractivity contribution is 6.30. The van der Waals surface area contributed by atoms with Crippen molar-refractivity contribution < 1.29 is 4.42 Å². The Bertz CT molecular complexity index is 861. The second-order valence-corrected chi connectivity index (χ2v) is 6.78. The Balaban J connectivity index is 1.42. The summed E-state index contributed by atoms with van der Waals surface area (Å²) in [7, 11) is 0. The quantitative estimate of drug-likeness (QED) is 0.699. The standard InChI is InChI=1S/C19H20ClN5O/c1-14(18-22-23-19(26-18)15-5-4-6-16(20)13-15)24-9-11-25(12-10-24)17-7-2-3-8-21-17/h2-8,13-14H,9-12H2,1H3/t14-/m0/s1. The van der Waals surface area contributed by atoms with E-state index in [0.717, 1.165) is 37.6 Å². The molecule has 1 aliphatic heterocycles. The summed E-state index contributed by atoms with van der Waals surface area (Å²) in [5.74, 6) is 2.16. The number of benzene rings is 1. The van der Waals surface area contributed by atoms with Gasteiger partial charge in [-0.3, -0.25) is 4.90 Å². The van der Waals surface area contributed by atoms with Gasteiger partial charge >= 0.3 is 0 Å². The van der Waals surface area contributed by atoms with Crippen molar-refractivity contribution in [1.82, 2.24) is 20.1 Å². The number of hydrogen-bond donors (Lipinski definition) is 0. The summed E-state index contributed by atoms with van der Waals surface area (Å²) >= 11 is 6.04. The smallest absolute Gasteiger partial charge is 0.247 e. The molecule has 0 amide bonds. The number of piperazine rings is 1. The zero-order valence-corrected chi connectivity index (χ0v) is 15.3. The predicted molar refractivity (Wildman–Crippen MR) is 101 cm³/mol. The van der Waals surface area contributed by atoms with Gasteiger partial charge in [-0.1, -0.05) is 23.7 Å². The van der Waals surface area contributed by atoms with Crippen LogP contribution in [0.1, 0.15) is 18.9 Å². The topological polar surface area (TPSA) is 58.3 Å². The van der Waals surface area contributed by atoms with Gasteiger partial charge in [0.25, 0.3) is 0 Å². The Morgan fingerprint density at radius 2 is 1.88 bits per heavy atom. The molecule has 0 aliphatic carbocycles. The van der Waals surface area contributed by atoms with Gasteiger partial charge in [-0.25, -0.2) is 4.98 Å². The van der Waals surface area contributed by atoms with Crippen molar-refractivity contribution in [3.8, 4) is 11.5 Å². The fourth-order valence-corrected chi connectivity index (χ4v) is 3.37. The number of aromatic nitrogens is 3. The number of rotatable bonds is 4. The van der Waals surface area contributed by atoms with E-state index in [0.29, 0.717) is 16.8 Å². The number of pyridine rings is 1. The number of halogens is 1. The molecule has 0 unspecified atom stereocenters. The van der Waals surface area contributed by atoms with Crippen LogP contribution in [0.3, 0.4) is 0 Å². The van der Waals surface area contributed by atoms with Crippen LogP contribution in [-0.2, 0) is 0 Å². The molecule has 1 saturated heterocycles. The van der Waals surface area contributed by atoms with E-state index >= 15 is 0 Å². The molecule has 7 heteroatoms. The maximum atomic E-state index is 6.04. The highest BCUT2D eigenvalue weighted by Gasteiger charge is 2.26. The summed E-state index contributed by atoms with van der Waals surface area (Å²) in [6.45, 7) is 5.80. The summed E-state index contributed by atoms with van der Waals surface area (Å²) in [5.41, 5.74) is 0.837. The average Bonchev–Trinajstić information content (AvgIpc) is 3.18. The fourth-order valence-electron chi connectivity index (χ4n) is 3.18. The monoisotopic (exact) mass is 369 g/mol. The van der Waals surface area contributed by atoms with Crippen LogP contribution in [0.4, 0.5) is 5.82 Å². The molecule has 6 nitrogen and oxygen atoms in total. The second-order valence-electron chi connectivity index (χ2n) is 6.34. The first-order chi connectivity index (χ1) is 12.7. The van der Waals surface area contributed by atoms with Crippen molar-refractivity contribution in [3.63, 3.8) is 0 Å². The van der Waals surface area contributed by atoms with Crippen LogP contribution in [0.2, 0.25) is 5.02 Å². The van der Waals surface area contributed by atoms with E-state index in [1.165, 1.54) is 0 Å². The molecule has 0 saturated carbocycles. The Hall–Kier alpha value is -2.44. The van der Waals surface area contributed by atoms with E-state index in [4.69, 9.17) is 16.0 Å². The lowest BCUT2D eigenvalue weighted by molar-refractivity contribution is 0.173. The van der Waals surface area contributed by atoms with Gasteiger partial charge in [-0.05, 0) is 37.3 Å². The van der Waals surface area contributed by atoms with Gasteiger partial charge in [-0.2, -0.15) is 0 Å². The molecule has 0 radical (unpaired) electrons. The first kappa shape index (κ1) is 17.0. The molecule has 3 aromatic rings. The third-order valence-corrected chi connectivity index (χ3v) is 4.94. The first-order valence-corrected chi connectivity index (χ1v) is 9.08. The van der Waals surface area contributed by atoms with Crippen LogP contribution in [0.5, 0.6) is 0 Å². The lowest BCUT2D eigenvalue weighted by Crippen LogP contribution is -2.47. The van der Waals surface area contributed by atoms with Crippen LogP contribution in [0.15, 0.2) is 53.1 Å². The van der Waals surface area contributed by atoms with Gasteiger partial charge in [0.2, 0.25) is 11.8 Å². The summed E-state index contributed by atoms with van der Waals surface area (Å²) in [6.07, 6.45) is 1.83. The van der Waals surface area contributed by atoms with Crippen LogP contribution in [-0.4, -0.2) is 46.3 Å². The van der Waals surface area contributed by atoms with E-state index in [1.54, 1.807) is 0 Å². The van der Waals surface area contributed by atoms with Gasteiger partial charge in [0, 0.05) is 43.0 Å². The Kier molecular flexibility index (Phi) is 4.86. The molecule has 0 bridgehead atoms. The third-order valence-electron chi connectivity index (χ3n) is 4.70. The molecule has 0 N–H and O–H groups in total. The van der Waals surface area contributed by atoms with E-state index in [1.807, 2.05) is 48.7 Å². The van der Waals surface area contributed by atoms with Crippen molar-refractivity contribution in [2.45, 2.75) is 13.0 Å². The molecule has 1 fully saturated rings. The maximum absolute atomic E-state index is 6.04. The number of anilines is 1. The average molecular weight is 370 g/mol. The molecule has 1 atom stereocenters. The van der Waals surface area contributed by atoms with Gasteiger partial charge < -0.3 is 9.32 Å². The van der Waals surface area contributed by atoms with Crippen LogP contribution in [0, 0.1) is 0 Å². The Morgan fingerprint density at radius 1 is 1.04 bits per heavy atom. The largest absolute Gasteiger partial charge is 0.419 e. The Labute approximate surface area is 157 Å².